The molecule has 4 N–H and O–H groups in total. The first-order chi connectivity index (χ1) is 15.5. The summed E-state index contributed by atoms with van der Waals surface area (Å²) in [5.41, 5.74) is 12.4. The summed E-state index contributed by atoms with van der Waals surface area (Å²) < 4.78 is 37.0. The zero-order valence-electron chi connectivity index (χ0n) is 17.1. The maximum atomic E-state index is 13.3. The van der Waals surface area contributed by atoms with Gasteiger partial charge in [-0.15, -0.1) is 0 Å². The van der Waals surface area contributed by atoms with Crippen LogP contribution >= 0.6 is 0 Å². The van der Waals surface area contributed by atoms with Crippen LogP contribution in [0.2, 0.25) is 0 Å². The quantitative estimate of drug-likeness (QED) is 0.452. The minimum Gasteiger partial charge on any atom is -0.485 e. The molecule has 0 amide bonds. The predicted molar refractivity (Wildman–Crippen MR) is 119 cm³/mol. The molecule has 0 fully saturated rings. The number of nitrogens with two attached hydrogens (primary N) is 2. The van der Waals surface area contributed by atoms with Gasteiger partial charge in [0.2, 0.25) is 0 Å². The van der Waals surface area contributed by atoms with Crippen LogP contribution in [0, 0.1) is 11.6 Å². The first-order valence-corrected chi connectivity index (χ1v) is 9.67. The molecule has 0 aliphatic heterocycles. The lowest BCUT2D eigenvalue weighted by molar-refractivity contribution is 0.299. The number of hydrogen-bond donors (Lipinski definition) is 2. The summed E-state index contributed by atoms with van der Waals surface area (Å²) >= 11 is 0. The summed E-state index contributed by atoms with van der Waals surface area (Å²) in [5.74, 6) is 0.577. The number of hydrogen-bond acceptors (Lipinski definition) is 6. The first-order valence-electron chi connectivity index (χ1n) is 9.67. The van der Waals surface area contributed by atoms with Crippen LogP contribution in [0.25, 0.3) is 0 Å². The normalized spacial score (nSPS) is 10.1. The minimum absolute atomic E-state index is 0.0977. The van der Waals surface area contributed by atoms with E-state index in [0.717, 1.165) is 23.8 Å². The molecule has 0 radical (unpaired) electrons. The van der Waals surface area contributed by atoms with Gasteiger partial charge in [-0.2, -0.15) is 0 Å². The van der Waals surface area contributed by atoms with Crippen LogP contribution in [0.4, 0.5) is 20.4 Å². The number of rotatable bonds is 6. The first kappa shape index (κ1) is 22.5. The highest BCUT2D eigenvalue weighted by Gasteiger charge is 2.06. The summed E-state index contributed by atoms with van der Waals surface area (Å²) in [7, 11) is 0. The van der Waals surface area contributed by atoms with Crippen molar-refractivity contribution in [3.63, 3.8) is 0 Å². The molecule has 4 aromatic rings. The van der Waals surface area contributed by atoms with Crippen molar-refractivity contribution >= 4 is 11.6 Å². The van der Waals surface area contributed by atoms with Gasteiger partial charge in [-0.1, -0.05) is 30.3 Å². The molecule has 0 atom stereocenters. The van der Waals surface area contributed by atoms with Crippen LogP contribution in [0.15, 0.2) is 85.2 Å². The third-order valence-corrected chi connectivity index (χ3v) is 4.23. The van der Waals surface area contributed by atoms with Gasteiger partial charge in [0.1, 0.15) is 24.8 Å². The smallest absolute Gasteiger partial charge is 0.166 e. The molecule has 4 rings (SSSR count). The van der Waals surface area contributed by atoms with Gasteiger partial charge in [-0.05, 0) is 48.0 Å². The van der Waals surface area contributed by atoms with E-state index < -0.39 is 11.6 Å². The zero-order valence-corrected chi connectivity index (χ0v) is 17.1. The third-order valence-electron chi connectivity index (χ3n) is 4.23. The van der Waals surface area contributed by atoms with Gasteiger partial charge in [-0.25, -0.2) is 18.7 Å². The zero-order chi connectivity index (χ0) is 22.8. The van der Waals surface area contributed by atoms with E-state index in [9.17, 15) is 8.78 Å². The van der Waals surface area contributed by atoms with Crippen molar-refractivity contribution in [1.29, 1.82) is 0 Å². The van der Waals surface area contributed by atoms with Crippen molar-refractivity contribution in [2.24, 2.45) is 0 Å². The van der Waals surface area contributed by atoms with Gasteiger partial charge < -0.3 is 20.9 Å². The van der Waals surface area contributed by atoms with Crippen LogP contribution < -0.4 is 20.9 Å². The molecule has 0 unspecified atom stereocenters. The van der Waals surface area contributed by atoms with Gasteiger partial charge in [0.15, 0.2) is 23.1 Å². The third kappa shape index (κ3) is 6.66. The van der Waals surface area contributed by atoms with E-state index in [1.807, 2.05) is 36.4 Å². The lowest BCUT2D eigenvalue weighted by Gasteiger charge is -2.08. The standard InChI is InChI=1S/C12H10F2N2O.C12H12N2O/c13-9-3-4-10(14)8(6-9)7-17-11-2-1-5-16-12(11)15;13-12-11(7-4-8-14-12)15-9-10-5-2-1-3-6-10/h1-6H,7H2,(H2,15,16);1-8H,9H2,(H2,13,14). The van der Waals surface area contributed by atoms with E-state index in [1.54, 1.807) is 24.4 Å². The molecule has 2 aromatic carbocycles. The van der Waals surface area contributed by atoms with Gasteiger partial charge in [0.25, 0.3) is 0 Å². The molecule has 2 heterocycles. The van der Waals surface area contributed by atoms with E-state index in [-0.39, 0.29) is 18.0 Å². The molecule has 8 heteroatoms. The fourth-order valence-electron chi connectivity index (χ4n) is 2.59. The number of halogens is 2. The molecule has 0 saturated heterocycles. The largest absolute Gasteiger partial charge is 0.485 e. The van der Waals surface area contributed by atoms with Crippen LogP contribution in [0.3, 0.4) is 0 Å². The average molecular weight is 436 g/mol. The van der Waals surface area contributed by atoms with E-state index >= 15 is 0 Å². The number of nitrogen functional groups attached to an aromatic ring is 2. The molecular weight excluding hydrogens is 414 g/mol. The summed E-state index contributed by atoms with van der Waals surface area (Å²) in [4.78, 5) is 7.76. The number of anilines is 2. The van der Waals surface area contributed by atoms with Gasteiger partial charge >= 0.3 is 0 Å². The molecule has 0 saturated carbocycles. The summed E-state index contributed by atoms with van der Waals surface area (Å²) in [6, 6.07) is 20.0. The predicted octanol–water partition coefficient (Wildman–Crippen LogP) is 4.76. The van der Waals surface area contributed by atoms with Gasteiger partial charge in [0.05, 0.1) is 0 Å². The lowest BCUT2D eigenvalue weighted by atomic mass is 10.2. The lowest BCUT2D eigenvalue weighted by Crippen LogP contribution is -2.02. The second-order valence-corrected chi connectivity index (χ2v) is 6.57. The van der Waals surface area contributed by atoms with E-state index in [0.29, 0.717) is 23.9 Å². The van der Waals surface area contributed by atoms with E-state index in [1.165, 1.54) is 6.20 Å². The van der Waals surface area contributed by atoms with Crippen LogP contribution in [-0.2, 0) is 13.2 Å². The maximum Gasteiger partial charge on any atom is 0.166 e. The van der Waals surface area contributed by atoms with Crippen molar-refractivity contribution in [1.82, 2.24) is 9.97 Å². The van der Waals surface area contributed by atoms with E-state index in [2.05, 4.69) is 9.97 Å². The van der Waals surface area contributed by atoms with Crippen molar-refractivity contribution in [2.75, 3.05) is 11.5 Å². The Morgan fingerprint density at radius 2 is 1.28 bits per heavy atom. The Kier molecular flexibility index (Phi) is 7.91. The number of pyridine rings is 2. The van der Waals surface area contributed by atoms with Crippen molar-refractivity contribution in [3.8, 4) is 11.5 Å². The SMILES string of the molecule is Nc1ncccc1OCc1cc(F)ccc1F.Nc1ncccc1OCc1ccccc1. The van der Waals surface area contributed by atoms with Gasteiger partial charge in [0, 0.05) is 18.0 Å². The number of benzene rings is 2. The minimum atomic E-state index is -0.520. The van der Waals surface area contributed by atoms with Crippen LogP contribution in [-0.4, -0.2) is 9.97 Å². The molecule has 2 aromatic heterocycles. The van der Waals surface area contributed by atoms with Crippen molar-refractivity contribution in [3.05, 3.63) is 108 Å². The number of ether oxygens (including phenoxy) is 2. The summed E-state index contributed by atoms with van der Waals surface area (Å²) in [6.45, 7) is 0.413. The Labute approximate surface area is 184 Å². The Morgan fingerprint density at radius 1 is 0.688 bits per heavy atom. The molecule has 6 nitrogen and oxygen atoms in total. The molecule has 0 aliphatic rings. The Hall–Kier alpha value is -4.20. The van der Waals surface area contributed by atoms with Crippen LogP contribution in [0.5, 0.6) is 11.5 Å². The number of aromatic nitrogens is 2. The highest BCUT2D eigenvalue weighted by atomic mass is 19.1. The highest BCUT2D eigenvalue weighted by molar-refractivity contribution is 5.45. The monoisotopic (exact) mass is 436 g/mol. The molecule has 0 aliphatic carbocycles. The average Bonchev–Trinajstić information content (AvgIpc) is 2.81. The summed E-state index contributed by atoms with van der Waals surface area (Å²) in [5, 5.41) is 0. The topological polar surface area (TPSA) is 96.3 Å². The Balaban J connectivity index is 0.000000182. The van der Waals surface area contributed by atoms with Crippen LogP contribution in [0.1, 0.15) is 11.1 Å². The molecular formula is C24H22F2N4O2. The Bertz CT molecular complexity index is 1140. The van der Waals surface area contributed by atoms with E-state index in [4.69, 9.17) is 20.9 Å². The Morgan fingerprint density at radius 3 is 1.88 bits per heavy atom. The summed E-state index contributed by atoms with van der Waals surface area (Å²) in [6.07, 6.45) is 3.16. The van der Waals surface area contributed by atoms with Gasteiger partial charge in [-0.3, -0.25) is 0 Å². The fraction of sp³-hybridized carbons (Fsp3) is 0.0833. The number of nitrogens with zero attached hydrogens (tertiary/aromatic N) is 2. The second kappa shape index (κ2) is 11.3. The maximum absolute atomic E-state index is 13.3. The molecule has 32 heavy (non-hydrogen) atoms. The van der Waals surface area contributed by atoms with Crippen molar-refractivity contribution < 1.29 is 18.3 Å². The van der Waals surface area contributed by atoms with Crippen molar-refractivity contribution in [2.45, 2.75) is 13.2 Å². The fourth-order valence-corrected chi connectivity index (χ4v) is 2.59. The molecule has 0 spiro atoms. The molecule has 0 bridgehead atoms. The second-order valence-electron chi connectivity index (χ2n) is 6.57. The molecule has 164 valence electrons. The highest BCUT2D eigenvalue weighted by Crippen LogP contribution is 2.20.